The number of hydrogen-bond donors (Lipinski definition) is 2. The lowest BCUT2D eigenvalue weighted by molar-refractivity contribution is -0.126. The zero-order valence-electron chi connectivity index (χ0n) is 9.31. The van der Waals surface area contributed by atoms with E-state index in [1.807, 2.05) is 0 Å². The highest BCUT2D eigenvalue weighted by Gasteiger charge is 2.20. The van der Waals surface area contributed by atoms with E-state index < -0.39 is 0 Å². The molecule has 1 heterocycles. The number of amides is 1. The standard InChI is InChI=1S/C11H22N2O/c1-9(2)5-7-12-8-10-4-3-6-13-11(10)14/h9-10,12H,3-8H2,1-2H3,(H,13,14). The topological polar surface area (TPSA) is 41.1 Å². The summed E-state index contributed by atoms with van der Waals surface area (Å²) in [6.45, 7) is 7.17. The van der Waals surface area contributed by atoms with Gasteiger partial charge in [-0.1, -0.05) is 13.8 Å². The maximum absolute atomic E-state index is 11.4. The van der Waals surface area contributed by atoms with Gasteiger partial charge in [0.1, 0.15) is 0 Å². The Balaban J connectivity index is 2.07. The Morgan fingerprint density at radius 2 is 2.36 bits per heavy atom. The van der Waals surface area contributed by atoms with Gasteiger partial charge in [-0.2, -0.15) is 0 Å². The average Bonchev–Trinajstić information content (AvgIpc) is 2.15. The average molecular weight is 198 g/mol. The zero-order valence-corrected chi connectivity index (χ0v) is 9.31. The molecule has 0 spiro atoms. The molecule has 1 amide bonds. The van der Waals surface area contributed by atoms with Crippen molar-refractivity contribution in [3.63, 3.8) is 0 Å². The van der Waals surface area contributed by atoms with E-state index >= 15 is 0 Å². The molecule has 0 aliphatic carbocycles. The van der Waals surface area contributed by atoms with E-state index in [0.717, 1.165) is 38.4 Å². The molecule has 14 heavy (non-hydrogen) atoms. The van der Waals surface area contributed by atoms with Crippen LogP contribution in [0.15, 0.2) is 0 Å². The van der Waals surface area contributed by atoms with Crippen LogP contribution in [0, 0.1) is 11.8 Å². The fourth-order valence-corrected chi connectivity index (χ4v) is 1.70. The fraction of sp³-hybridized carbons (Fsp3) is 0.909. The van der Waals surface area contributed by atoms with Gasteiger partial charge in [0.25, 0.3) is 0 Å². The first-order valence-electron chi connectivity index (χ1n) is 5.68. The molecule has 3 nitrogen and oxygen atoms in total. The van der Waals surface area contributed by atoms with Gasteiger partial charge in [-0.3, -0.25) is 4.79 Å². The first-order chi connectivity index (χ1) is 6.70. The van der Waals surface area contributed by atoms with Gasteiger partial charge in [-0.25, -0.2) is 0 Å². The van der Waals surface area contributed by atoms with Crippen LogP contribution in [0.5, 0.6) is 0 Å². The van der Waals surface area contributed by atoms with Crippen LogP contribution in [-0.2, 0) is 4.79 Å². The number of rotatable bonds is 5. The number of carbonyl (C=O) groups is 1. The normalized spacial score (nSPS) is 22.5. The highest BCUT2D eigenvalue weighted by atomic mass is 16.1. The van der Waals surface area contributed by atoms with Crippen molar-refractivity contribution < 1.29 is 4.79 Å². The van der Waals surface area contributed by atoms with Crippen LogP contribution in [0.1, 0.15) is 33.1 Å². The Morgan fingerprint density at radius 1 is 1.57 bits per heavy atom. The summed E-state index contributed by atoms with van der Waals surface area (Å²) >= 11 is 0. The Bertz CT molecular complexity index is 180. The van der Waals surface area contributed by atoms with Crippen LogP contribution < -0.4 is 10.6 Å². The molecule has 3 heteroatoms. The number of nitrogens with one attached hydrogen (secondary N) is 2. The van der Waals surface area contributed by atoms with Gasteiger partial charge >= 0.3 is 0 Å². The van der Waals surface area contributed by atoms with Crippen molar-refractivity contribution in [1.29, 1.82) is 0 Å². The molecule has 0 aromatic heterocycles. The smallest absolute Gasteiger partial charge is 0.224 e. The lowest BCUT2D eigenvalue weighted by Crippen LogP contribution is -2.41. The van der Waals surface area contributed by atoms with Crippen LogP contribution in [0.4, 0.5) is 0 Å². The summed E-state index contributed by atoms with van der Waals surface area (Å²) in [5, 5.41) is 6.26. The van der Waals surface area contributed by atoms with E-state index in [-0.39, 0.29) is 11.8 Å². The summed E-state index contributed by atoms with van der Waals surface area (Å²) < 4.78 is 0. The molecule has 0 saturated carbocycles. The Morgan fingerprint density at radius 3 is 3.00 bits per heavy atom. The third-order valence-electron chi connectivity index (χ3n) is 2.69. The highest BCUT2D eigenvalue weighted by molar-refractivity contribution is 5.79. The lowest BCUT2D eigenvalue weighted by atomic mass is 9.98. The van der Waals surface area contributed by atoms with E-state index in [4.69, 9.17) is 0 Å². The van der Waals surface area contributed by atoms with Crippen LogP contribution >= 0.6 is 0 Å². The SMILES string of the molecule is CC(C)CCNCC1CCCNC1=O. The number of carbonyl (C=O) groups excluding carboxylic acids is 1. The van der Waals surface area contributed by atoms with Crippen LogP contribution in [0.3, 0.4) is 0 Å². The molecular weight excluding hydrogens is 176 g/mol. The van der Waals surface area contributed by atoms with Gasteiger partial charge in [0, 0.05) is 13.1 Å². The zero-order chi connectivity index (χ0) is 10.4. The molecule has 1 fully saturated rings. The van der Waals surface area contributed by atoms with Gasteiger partial charge in [0.2, 0.25) is 5.91 Å². The number of piperidine rings is 1. The van der Waals surface area contributed by atoms with E-state index in [0.29, 0.717) is 0 Å². The highest BCUT2D eigenvalue weighted by Crippen LogP contribution is 2.09. The van der Waals surface area contributed by atoms with Gasteiger partial charge < -0.3 is 10.6 Å². The summed E-state index contributed by atoms with van der Waals surface area (Å²) in [5.74, 6) is 1.17. The molecule has 1 atom stereocenters. The minimum absolute atomic E-state index is 0.205. The second-order valence-electron chi connectivity index (χ2n) is 4.52. The second-order valence-corrected chi connectivity index (χ2v) is 4.52. The summed E-state index contributed by atoms with van der Waals surface area (Å²) in [5.41, 5.74) is 0. The largest absolute Gasteiger partial charge is 0.356 e. The monoisotopic (exact) mass is 198 g/mol. The Hall–Kier alpha value is -0.570. The molecule has 1 unspecified atom stereocenters. The molecule has 0 aromatic carbocycles. The summed E-state index contributed by atoms with van der Waals surface area (Å²) in [6, 6.07) is 0. The number of hydrogen-bond acceptors (Lipinski definition) is 2. The molecule has 0 aromatic rings. The third kappa shape index (κ3) is 4.09. The molecule has 1 aliphatic rings. The predicted molar refractivity (Wildman–Crippen MR) is 58.1 cm³/mol. The Kier molecular flexibility index (Phi) is 4.94. The van der Waals surface area contributed by atoms with Crippen molar-refractivity contribution in [2.24, 2.45) is 11.8 Å². The van der Waals surface area contributed by atoms with Gasteiger partial charge in [0.15, 0.2) is 0 Å². The van der Waals surface area contributed by atoms with Gasteiger partial charge in [-0.05, 0) is 31.7 Å². The molecule has 0 radical (unpaired) electrons. The molecule has 2 N–H and O–H groups in total. The van der Waals surface area contributed by atoms with Crippen molar-refractivity contribution in [3.8, 4) is 0 Å². The van der Waals surface area contributed by atoms with E-state index in [9.17, 15) is 4.79 Å². The maximum Gasteiger partial charge on any atom is 0.224 e. The second kappa shape index (κ2) is 6.02. The predicted octanol–water partition coefficient (Wildman–Crippen LogP) is 1.15. The van der Waals surface area contributed by atoms with Crippen molar-refractivity contribution in [2.75, 3.05) is 19.6 Å². The lowest BCUT2D eigenvalue weighted by Gasteiger charge is -2.22. The maximum atomic E-state index is 11.4. The molecule has 1 rings (SSSR count). The molecule has 1 aliphatic heterocycles. The molecule has 1 saturated heterocycles. The van der Waals surface area contributed by atoms with E-state index in [2.05, 4.69) is 24.5 Å². The molecule has 0 bridgehead atoms. The summed E-state index contributed by atoms with van der Waals surface area (Å²) in [4.78, 5) is 11.4. The van der Waals surface area contributed by atoms with Crippen LogP contribution in [0.2, 0.25) is 0 Å². The summed E-state index contributed by atoms with van der Waals surface area (Å²) in [7, 11) is 0. The third-order valence-corrected chi connectivity index (χ3v) is 2.69. The van der Waals surface area contributed by atoms with Gasteiger partial charge in [-0.15, -0.1) is 0 Å². The van der Waals surface area contributed by atoms with E-state index in [1.54, 1.807) is 0 Å². The molecule has 82 valence electrons. The first-order valence-corrected chi connectivity index (χ1v) is 5.68. The Labute approximate surface area is 86.6 Å². The molecular formula is C11H22N2O. The van der Waals surface area contributed by atoms with E-state index in [1.165, 1.54) is 6.42 Å². The van der Waals surface area contributed by atoms with Crippen molar-refractivity contribution >= 4 is 5.91 Å². The minimum Gasteiger partial charge on any atom is -0.356 e. The minimum atomic E-state index is 0.205. The van der Waals surface area contributed by atoms with Crippen LogP contribution in [-0.4, -0.2) is 25.5 Å². The fourth-order valence-electron chi connectivity index (χ4n) is 1.70. The first kappa shape index (κ1) is 11.5. The summed E-state index contributed by atoms with van der Waals surface area (Å²) in [6.07, 6.45) is 3.36. The van der Waals surface area contributed by atoms with Crippen molar-refractivity contribution in [3.05, 3.63) is 0 Å². The van der Waals surface area contributed by atoms with Crippen molar-refractivity contribution in [2.45, 2.75) is 33.1 Å². The van der Waals surface area contributed by atoms with Crippen molar-refractivity contribution in [1.82, 2.24) is 10.6 Å². The van der Waals surface area contributed by atoms with Crippen LogP contribution in [0.25, 0.3) is 0 Å². The quantitative estimate of drug-likeness (QED) is 0.651. The van der Waals surface area contributed by atoms with Gasteiger partial charge in [0.05, 0.1) is 5.92 Å².